The Morgan fingerprint density at radius 2 is 1.55 bits per heavy atom. The standard InChI is InChI=1S/C30H52O/c1-7-9-23-26-13-12-22-25-15-14-24(21(4)11-8-10-20(2)3)29(25,5)18-16-27(22)30(26,6)19-17-28(23)31/h7,20-28,31H,1,8-19H2,2-6H3/t21-,22+,23+,24-,25+,26+,27+,28-,29-,30+/m0/s1. The monoisotopic (exact) mass is 428 g/mol. The Bertz CT molecular complexity index is 624. The van der Waals surface area contributed by atoms with Gasteiger partial charge in [-0.05, 0) is 116 Å². The molecule has 0 aliphatic heterocycles. The maximum Gasteiger partial charge on any atom is 0.0574 e. The first-order valence-electron chi connectivity index (χ1n) is 14.0. The van der Waals surface area contributed by atoms with Crippen LogP contribution in [0.5, 0.6) is 0 Å². The highest BCUT2D eigenvalue weighted by Crippen LogP contribution is 2.69. The fraction of sp³-hybridized carbons (Fsp3) is 0.933. The lowest BCUT2D eigenvalue weighted by Crippen LogP contribution is -2.56. The first-order chi connectivity index (χ1) is 14.7. The van der Waals surface area contributed by atoms with Gasteiger partial charge in [-0.2, -0.15) is 0 Å². The molecule has 4 saturated carbocycles. The van der Waals surface area contributed by atoms with E-state index in [1.165, 1.54) is 64.2 Å². The summed E-state index contributed by atoms with van der Waals surface area (Å²) >= 11 is 0. The van der Waals surface area contributed by atoms with Gasteiger partial charge in [-0.25, -0.2) is 0 Å². The highest BCUT2D eigenvalue weighted by molar-refractivity contribution is 5.11. The van der Waals surface area contributed by atoms with Crippen molar-refractivity contribution in [2.24, 2.45) is 58.2 Å². The zero-order valence-corrected chi connectivity index (χ0v) is 21.4. The van der Waals surface area contributed by atoms with Crippen molar-refractivity contribution in [1.82, 2.24) is 0 Å². The average Bonchev–Trinajstić information content (AvgIpc) is 3.07. The molecule has 0 aromatic heterocycles. The van der Waals surface area contributed by atoms with E-state index >= 15 is 0 Å². The highest BCUT2D eigenvalue weighted by atomic mass is 16.3. The second-order valence-corrected chi connectivity index (χ2v) is 13.4. The summed E-state index contributed by atoms with van der Waals surface area (Å²) in [6.07, 6.45) is 18.2. The van der Waals surface area contributed by atoms with Gasteiger partial charge in [0, 0.05) is 0 Å². The maximum absolute atomic E-state index is 10.8. The van der Waals surface area contributed by atoms with Gasteiger partial charge in [0.25, 0.3) is 0 Å². The number of aliphatic hydroxyl groups excluding tert-OH is 1. The highest BCUT2D eigenvalue weighted by Gasteiger charge is 2.61. The van der Waals surface area contributed by atoms with Crippen LogP contribution in [0.3, 0.4) is 0 Å². The first kappa shape index (κ1) is 23.8. The summed E-state index contributed by atoms with van der Waals surface area (Å²) in [5, 5.41) is 10.8. The molecule has 1 heteroatoms. The maximum atomic E-state index is 10.8. The van der Waals surface area contributed by atoms with Crippen molar-refractivity contribution in [2.45, 2.75) is 118 Å². The average molecular weight is 429 g/mol. The van der Waals surface area contributed by atoms with Crippen LogP contribution in [0.1, 0.15) is 112 Å². The van der Waals surface area contributed by atoms with Crippen LogP contribution in [0.4, 0.5) is 0 Å². The summed E-state index contributed by atoms with van der Waals surface area (Å²) < 4.78 is 0. The molecular formula is C30H52O. The van der Waals surface area contributed by atoms with Crippen molar-refractivity contribution in [3.63, 3.8) is 0 Å². The molecule has 0 spiro atoms. The minimum Gasteiger partial charge on any atom is -0.393 e. The lowest BCUT2D eigenvalue weighted by atomic mass is 9.43. The van der Waals surface area contributed by atoms with E-state index in [-0.39, 0.29) is 6.10 Å². The number of fused-ring (bicyclic) bond motifs is 5. The Hall–Kier alpha value is -0.300. The molecule has 0 saturated heterocycles. The summed E-state index contributed by atoms with van der Waals surface area (Å²) in [5.41, 5.74) is 1.05. The third kappa shape index (κ3) is 4.08. The van der Waals surface area contributed by atoms with Crippen molar-refractivity contribution in [3.8, 4) is 0 Å². The summed E-state index contributed by atoms with van der Waals surface area (Å²) in [5.74, 6) is 6.70. The quantitative estimate of drug-likeness (QED) is 0.404. The van der Waals surface area contributed by atoms with Crippen molar-refractivity contribution < 1.29 is 5.11 Å². The van der Waals surface area contributed by atoms with E-state index in [1.807, 2.05) is 0 Å². The van der Waals surface area contributed by atoms with Gasteiger partial charge in [-0.15, -0.1) is 6.58 Å². The Morgan fingerprint density at radius 3 is 2.26 bits per heavy atom. The van der Waals surface area contributed by atoms with Crippen LogP contribution in [0, 0.1) is 58.2 Å². The SMILES string of the molecule is C=CC[C@@H]1[C@H]2CC[C@H]3[C@@H](CC[C@]4(C)[C@@H]3CC[C@H]4[C@@H](C)CCCC(C)C)[C@]2(C)CC[C@@H]1O. The Kier molecular flexibility index (Phi) is 7.04. The molecule has 0 aromatic carbocycles. The molecule has 4 aliphatic rings. The van der Waals surface area contributed by atoms with Gasteiger partial charge in [0.1, 0.15) is 0 Å². The summed E-state index contributed by atoms with van der Waals surface area (Å²) in [7, 11) is 0. The zero-order chi connectivity index (χ0) is 22.4. The molecule has 0 unspecified atom stereocenters. The molecule has 4 aliphatic carbocycles. The van der Waals surface area contributed by atoms with Gasteiger partial charge in [0.2, 0.25) is 0 Å². The van der Waals surface area contributed by atoms with E-state index in [9.17, 15) is 5.11 Å². The molecule has 31 heavy (non-hydrogen) atoms. The summed E-state index contributed by atoms with van der Waals surface area (Å²) in [6, 6.07) is 0. The number of allylic oxidation sites excluding steroid dienone is 1. The van der Waals surface area contributed by atoms with Gasteiger partial charge >= 0.3 is 0 Å². The minimum absolute atomic E-state index is 0.0935. The fourth-order valence-electron chi connectivity index (χ4n) is 10.0. The molecular weight excluding hydrogens is 376 g/mol. The second-order valence-electron chi connectivity index (χ2n) is 13.4. The van der Waals surface area contributed by atoms with E-state index in [4.69, 9.17) is 0 Å². The van der Waals surface area contributed by atoms with Crippen molar-refractivity contribution in [3.05, 3.63) is 12.7 Å². The lowest BCUT2D eigenvalue weighted by molar-refractivity contribution is -0.152. The van der Waals surface area contributed by atoms with Gasteiger partial charge in [0.05, 0.1) is 6.10 Å². The molecule has 4 rings (SSSR count). The number of rotatable bonds is 7. The molecule has 0 bridgehead atoms. The smallest absolute Gasteiger partial charge is 0.0574 e. The normalized spacial score (nSPS) is 48.0. The first-order valence-corrected chi connectivity index (χ1v) is 14.0. The van der Waals surface area contributed by atoms with Crippen molar-refractivity contribution in [1.29, 1.82) is 0 Å². The van der Waals surface area contributed by atoms with E-state index in [1.54, 1.807) is 0 Å². The predicted octanol–water partition coefficient (Wildman–Crippen LogP) is 8.27. The van der Waals surface area contributed by atoms with Crippen LogP contribution in [-0.4, -0.2) is 11.2 Å². The number of hydrogen-bond acceptors (Lipinski definition) is 1. The van der Waals surface area contributed by atoms with Crippen molar-refractivity contribution >= 4 is 0 Å². The molecule has 0 radical (unpaired) electrons. The molecule has 0 aromatic rings. The lowest BCUT2D eigenvalue weighted by Gasteiger charge is -2.62. The molecule has 0 heterocycles. The van der Waals surface area contributed by atoms with Gasteiger partial charge in [-0.3, -0.25) is 0 Å². The van der Waals surface area contributed by atoms with Gasteiger partial charge < -0.3 is 5.11 Å². The van der Waals surface area contributed by atoms with Crippen LogP contribution in [0.2, 0.25) is 0 Å². The summed E-state index contributed by atoms with van der Waals surface area (Å²) in [4.78, 5) is 0. The van der Waals surface area contributed by atoms with Crippen LogP contribution >= 0.6 is 0 Å². The number of aliphatic hydroxyl groups is 1. The Balaban J connectivity index is 1.49. The third-order valence-corrected chi connectivity index (χ3v) is 11.6. The Labute approximate surface area is 193 Å². The molecule has 4 fully saturated rings. The largest absolute Gasteiger partial charge is 0.393 e. The Morgan fingerprint density at radius 1 is 0.871 bits per heavy atom. The molecule has 1 nitrogen and oxygen atoms in total. The predicted molar refractivity (Wildman–Crippen MR) is 133 cm³/mol. The van der Waals surface area contributed by atoms with E-state index in [0.29, 0.717) is 22.7 Å². The van der Waals surface area contributed by atoms with E-state index < -0.39 is 0 Å². The molecule has 178 valence electrons. The van der Waals surface area contributed by atoms with E-state index in [2.05, 4.69) is 47.3 Å². The minimum atomic E-state index is -0.0935. The molecule has 1 N–H and O–H groups in total. The fourth-order valence-corrected chi connectivity index (χ4v) is 10.0. The number of hydrogen-bond donors (Lipinski definition) is 1. The zero-order valence-electron chi connectivity index (χ0n) is 21.4. The summed E-state index contributed by atoms with van der Waals surface area (Å²) in [6.45, 7) is 16.7. The van der Waals surface area contributed by atoms with Crippen LogP contribution in [0.25, 0.3) is 0 Å². The molecule has 0 amide bonds. The van der Waals surface area contributed by atoms with Crippen LogP contribution in [-0.2, 0) is 0 Å². The van der Waals surface area contributed by atoms with Crippen LogP contribution < -0.4 is 0 Å². The van der Waals surface area contributed by atoms with Crippen molar-refractivity contribution in [2.75, 3.05) is 0 Å². The van der Waals surface area contributed by atoms with Crippen LogP contribution in [0.15, 0.2) is 12.7 Å². The second kappa shape index (κ2) is 9.15. The topological polar surface area (TPSA) is 20.2 Å². The van der Waals surface area contributed by atoms with Gasteiger partial charge in [-0.1, -0.05) is 60.0 Å². The molecule has 10 atom stereocenters. The van der Waals surface area contributed by atoms with E-state index in [0.717, 1.165) is 48.3 Å². The van der Waals surface area contributed by atoms with Gasteiger partial charge in [0.15, 0.2) is 0 Å². The third-order valence-electron chi connectivity index (χ3n) is 11.6.